The largest absolute Gasteiger partial charge is 0.316 e. The highest BCUT2D eigenvalue weighted by Gasteiger charge is 2.36. The number of hydrogen-bond acceptors (Lipinski definition) is 3. The predicted molar refractivity (Wildman–Crippen MR) is 81.5 cm³/mol. The van der Waals surface area contributed by atoms with Crippen molar-refractivity contribution < 1.29 is 8.42 Å². The zero-order chi connectivity index (χ0) is 15.0. The van der Waals surface area contributed by atoms with Crippen LogP contribution in [0.5, 0.6) is 0 Å². The van der Waals surface area contributed by atoms with Crippen molar-refractivity contribution in [1.82, 2.24) is 10.0 Å². The van der Waals surface area contributed by atoms with E-state index in [0.717, 1.165) is 30.4 Å². The Morgan fingerprint density at radius 3 is 2.50 bits per heavy atom. The van der Waals surface area contributed by atoms with Crippen molar-refractivity contribution in [3.05, 3.63) is 28.3 Å². The van der Waals surface area contributed by atoms with Gasteiger partial charge in [-0.05, 0) is 63.4 Å². The van der Waals surface area contributed by atoms with E-state index in [4.69, 9.17) is 11.6 Å². The average Bonchev–Trinajstić information content (AvgIpc) is 2.31. The van der Waals surface area contributed by atoms with E-state index in [2.05, 4.69) is 10.0 Å². The lowest BCUT2D eigenvalue weighted by Gasteiger charge is -2.38. The number of rotatable bonds is 5. The molecule has 0 aliphatic heterocycles. The van der Waals surface area contributed by atoms with E-state index in [1.807, 2.05) is 20.9 Å². The van der Waals surface area contributed by atoms with Crippen molar-refractivity contribution in [3.8, 4) is 0 Å². The Hall–Kier alpha value is -0.620. The zero-order valence-electron chi connectivity index (χ0n) is 12.1. The van der Waals surface area contributed by atoms with Crippen LogP contribution < -0.4 is 10.0 Å². The summed E-state index contributed by atoms with van der Waals surface area (Å²) < 4.78 is 28.0. The molecule has 0 saturated heterocycles. The molecule has 1 aliphatic carbocycles. The number of benzene rings is 1. The topological polar surface area (TPSA) is 58.2 Å². The normalized spacial score (nSPS) is 17.8. The highest BCUT2D eigenvalue weighted by molar-refractivity contribution is 7.89. The third-order valence-electron chi connectivity index (χ3n) is 3.93. The third-order valence-corrected chi connectivity index (χ3v) is 5.91. The fourth-order valence-corrected chi connectivity index (χ4v) is 4.63. The van der Waals surface area contributed by atoms with Gasteiger partial charge in [0, 0.05) is 17.1 Å². The van der Waals surface area contributed by atoms with Crippen LogP contribution in [-0.4, -0.2) is 21.0 Å². The maximum Gasteiger partial charge on any atom is 0.241 e. The van der Waals surface area contributed by atoms with Crippen LogP contribution >= 0.6 is 11.6 Å². The summed E-state index contributed by atoms with van der Waals surface area (Å²) in [5.74, 6) is 0. The first kappa shape index (κ1) is 15.8. The van der Waals surface area contributed by atoms with Gasteiger partial charge in [-0.25, -0.2) is 13.1 Å². The van der Waals surface area contributed by atoms with Gasteiger partial charge in [0.1, 0.15) is 0 Å². The Morgan fingerprint density at radius 1 is 1.35 bits per heavy atom. The maximum absolute atomic E-state index is 12.6. The lowest BCUT2D eigenvalue weighted by atomic mass is 9.80. The molecular formula is C14H21ClN2O2S. The molecule has 0 bridgehead atoms. The predicted octanol–water partition coefficient (Wildman–Crippen LogP) is 2.59. The second-order valence-electron chi connectivity index (χ2n) is 5.74. The quantitative estimate of drug-likeness (QED) is 0.878. The van der Waals surface area contributed by atoms with Crippen molar-refractivity contribution in [3.63, 3.8) is 0 Å². The fraction of sp³-hybridized carbons (Fsp3) is 0.571. The molecule has 1 aromatic carbocycles. The minimum Gasteiger partial charge on any atom is -0.316 e. The van der Waals surface area contributed by atoms with Gasteiger partial charge in [0.05, 0.1) is 4.90 Å². The molecular weight excluding hydrogens is 296 g/mol. The summed E-state index contributed by atoms with van der Waals surface area (Å²) in [6.45, 7) is 4.36. The van der Waals surface area contributed by atoms with Crippen LogP contribution in [0.2, 0.25) is 5.02 Å². The fourth-order valence-electron chi connectivity index (χ4n) is 2.55. The lowest BCUT2D eigenvalue weighted by Crippen LogP contribution is -2.50. The molecule has 0 aromatic heterocycles. The van der Waals surface area contributed by atoms with Crippen molar-refractivity contribution in [2.75, 3.05) is 7.05 Å². The maximum atomic E-state index is 12.6. The Morgan fingerprint density at radius 2 is 2.00 bits per heavy atom. The minimum atomic E-state index is -3.54. The number of sulfonamides is 1. The second-order valence-corrected chi connectivity index (χ2v) is 7.83. The monoisotopic (exact) mass is 316 g/mol. The van der Waals surface area contributed by atoms with Crippen LogP contribution in [0.4, 0.5) is 0 Å². The van der Waals surface area contributed by atoms with Crippen LogP contribution in [0.25, 0.3) is 0 Å². The minimum absolute atomic E-state index is 0.281. The first-order valence-electron chi connectivity index (χ1n) is 6.75. The molecule has 112 valence electrons. The van der Waals surface area contributed by atoms with Gasteiger partial charge in [-0.1, -0.05) is 11.6 Å². The van der Waals surface area contributed by atoms with Gasteiger partial charge in [0.2, 0.25) is 10.0 Å². The number of hydrogen-bond donors (Lipinski definition) is 2. The first-order chi connectivity index (χ1) is 9.27. The second kappa shape index (κ2) is 5.64. The Balaban J connectivity index is 2.40. The van der Waals surface area contributed by atoms with E-state index in [9.17, 15) is 8.42 Å². The summed E-state index contributed by atoms with van der Waals surface area (Å²) >= 11 is 6.06. The summed E-state index contributed by atoms with van der Waals surface area (Å²) in [6, 6.07) is 3.33. The molecule has 6 heteroatoms. The van der Waals surface area contributed by atoms with Crippen LogP contribution in [0.3, 0.4) is 0 Å². The molecule has 2 rings (SSSR count). The van der Waals surface area contributed by atoms with Gasteiger partial charge in [0.25, 0.3) is 0 Å². The Labute approximate surface area is 126 Å². The smallest absolute Gasteiger partial charge is 0.241 e. The average molecular weight is 317 g/mol. The molecule has 0 unspecified atom stereocenters. The molecule has 1 aliphatic rings. The first-order valence-corrected chi connectivity index (χ1v) is 8.61. The molecule has 0 atom stereocenters. The van der Waals surface area contributed by atoms with E-state index in [-0.39, 0.29) is 10.4 Å². The summed E-state index contributed by atoms with van der Waals surface area (Å²) in [5, 5.41) is 3.47. The number of nitrogens with one attached hydrogen (secondary N) is 2. The van der Waals surface area contributed by atoms with Crippen molar-refractivity contribution in [2.45, 2.75) is 50.1 Å². The van der Waals surface area contributed by atoms with Crippen molar-refractivity contribution >= 4 is 21.6 Å². The van der Waals surface area contributed by atoms with E-state index >= 15 is 0 Å². The van der Waals surface area contributed by atoms with Crippen LogP contribution in [-0.2, 0) is 16.6 Å². The summed E-state index contributed by atoms with van der Waals surface area (Å²) in [5.41, 5.74) is 1.34. The van der Waals surface area contributed by atoms with Gasteiger partial charge < -0.3 is 5.32 Å². The molecule has 4 nitrogen and oxygen atoms in total. The molecule has 0 radical (unpaired) electrons. The molecule has 1 aromatic rings. The molecule has 2 N–H and O–H groups in total. The lowest BCUT2D eigenvalue weighted by molar-refractivity contribution is 0.248. The molecule has 0 spiro atoms. The van der Waals surface area contributed by atoms with Gasteiger partial charge in [-0.3, -0.25) is 0 Å². The van der Waals surface area contributed by atoms with Gasteiger partial charge in [-0.15, -0.1) is 0 Å². The standard InChI is InChI=1S/C14H21ClN2O2S/c1-10-11(9-16-3)7-12(15)8-13(10)20(18,19)17-14(2)5-4-6-14/h7-8,16-17H,4-6,9H2,1-3H3. The van der Waals surface area contributed by atoms with Crippen molar-refractivity contribution in [2.24, 2.45) is 0 Å². The van der Waals surface area contributed by atoms with E-state index in [1.165, 1.54) is 6.07 Å². The zero-order valence-corrected chi connectivity index (χ0v) is 13.7. The van der Waals surface area contributed by atoms with E-state index in [1.54, 1.807) is 6.07 Å². The Kier molecular flexibility index (Phi) is 4.44. The van der Waals surface area contributed by atoms with Gasteiger partial charge in [-0.2, -0.15) is 0 Å². The summed E-state index contributed by atoms with van der Waals surface area (Å²) in [6.07, 6.45) is 2.84. The molecule has 20 heavy (non-hydrogen) atoms. The molecule has 1 saturated carbocycles. The van der Waals surface area contributed by atoms with Gasteiger partial charge in [0.15, 0.2) is 0 Å². The van der Waals surface area contributed by atoms with E-state index in [0.29, 0.717) is 11.6 Å². The summed E-state index contributed by atoms with van der Waals surface area (Å²) in [7, 11) is -1.71. The Bertz CT molecular complexity index is 610. The highest BCUT2D eigenvalue weighted by atomic mass is 35.5. The van der Waals surface area contributed by atoms with E-state index < -0.39 is 10.0 Å². The van der Waals surface area contributed by atoms with Crippen LogP contribution in [0.15, 0.2) is 17.0 Å². The van der Waals surface area contributed by atoms with Crippen LogP contribution in [0.1, 0.15) is 37.3 Å². The molecule has 0 amide bonds. The molecule has 1 fully saturated rings. The number of halogens is 1. The van der Waals surface area contributed by atoms with Crippen LogP contribution in [0, 0.1) is 6.92 Å². The van der Waals surface area contributed by atoms with Crippen molar-refractivity contribution in [1.29, 1.82) is 0 Å². The summed E-state index contributed by atoms with van der Waals surface area (Å²) in [4.78, 5) is 0.281. The SMILES string of the molecule is CNCc1cc(Cl)cc(S(=O)(=O)NC2(C)CCC2)c1C. The third kappa shape index (κ3) is 3.17. The highest BCUT2D eigenvalue weighted by Crippen LogP contribution is 2.33. The molecule has 0 heterocycles. The van der Waals surface area contributed by atoms with Gasteiger partial charge >= 0.3 is 0 Å².